The third-order valence-electron chi connectivity index (χ3n) is 2.58. The maximum absolute atomic E-state index is 9.01. The van der Waals surface area contributed by atoms with E-state index in [1.807, 2.05) is 0 Å². The van der Waals surface area contributed by atoms with Gasteiger partial charge in [-0.3, -0.25) is 0 Å². The molecule has 0 aliphatic rings. The molecule has 2 heteroatoms. The number of aliphatic hydroxyl groups excluding tert-OH is 1. The first-order chi connectivity index (χ1) is 6.44. The lowest BCUT2D eigenvalue weighted by Crippen LogP contribution is -2.28. The second-order valence-electron chi connectivity index (χ2n) is 4.78. The van der Waals surface area contributed by atoms with Gasteiger partial charge in [0.25, 0.3) is 0 Å². The van der Waals surface area contributed by atoms with Crippen LogP contribution in [0.25, 0.3) is 0 Å². The van der Waals surface area contributed by atoms with Crippen molar-refractivity contribution in [3.63, 3.8) is 0 Å². The van der Waals surface area contributed by atoms with Gasteiger partial charge in [-0.2, -0.15) is 0 Å². The second-order valence-corrected chi connectivity index (χ2v) is 4.78. The van der Waals surface area contributed by atoms with Gasteiger partial charge in [0, 0.05) is 24.3 Å². The van der Waals surface area contributed by atoms with Gasteiger partial charge in [-0.1, -0.05) is 34.3 Å². The van der Waals surface area contributed by atoms with Crippen molar-refractivity contribution in [3.8, 4) is 0 Å². The Balaban J connectivity index is 4.08. The lowest BCUT2D eigenvalue weighted by Gasteiger charge is -2.30. The van der Waals surface area contributed by atoms with Crippen LogP contribution in [0.1, 0.15) is 40.5 Å². The molecular weight excluding hydrogens is 174 g/mol. The molecule has 84 valence electrons. The van der Waals surface area contributed by atoms with Crippen LogP contribution < -0.4 is 5.32 Å². The van der Waals surface area contributed by atoms with Crippen molar-refractivity contribution in [1.29, 1.82) is 0 Å². The summed E-state index contributed by atoms with van der Waals surface area (Å²) in [6.07, 6.45) is 2.09. The first-order valence-electron chi connectivity index (χ1n) is 5.48. The highest BCUT2D eigenvalue weighted by Gasteiger charge is 2.23. The molecule has 0 spiro atoms. The zero-order valence-electron chi connectivity index (χ0n) is 10.1. The van der Waals surface area contributed by atoms with Gasteiger partial charge in [-0.25, -0.2) is 0 Å². The van der Waals surface area contributed by atoms with Crippen molar-refractivity contribution in [2.24, 2.45) is 11.3 Å². The molecule has 14 heavy (non-hydrogen) atoms. The molecule has 2 N–H and O–H groups in total. The zero-order valence-corrected chi connectivity index (χ0v) is 10.1. The maximum atomic E-state index is 9.01. The largest absolute Gasteiger partial charge is 0.396 e. The predicted octanol–water partition coefficient (Wildman–Crippen LogP) is 2.54. The molecule has 0 saturated heterocycles. The zero-order chi connectivity index (χ0) is 11.2. The summed E-state index contributed by atoms with van der Waals surface area (Å²) < 4.78 is 0. The van der Waals surface area contributed by atoms with Crippen LogP contribution in [0.2, 0.25) is 0 Å². The minimum Gasteiger partial charge on any atom is -0.396 e. The van der Waals surface area contributed by atoms with Gasteiger partial charge < -0.3 is 10.4 Å². The fourth-order valence-corrected chi connectivity index (χ4v) is 1.57. The molecule has 0 saturated carbocycles. The molecule has 1 unspecified atom stereocenters. The summed E-state index contributed by atoms with van der Waals surface area (Å²) in [5.74, 6) is 0.338. The summed E-state index contributed by atoms with van der Waals surface area (Å²) in [5, 5.41) is 12.3. The lowest BCUT2D eigenvalue weighted by molar-refractivity contribution is 0.194. The van der Waals surface area contributed by atoms with Crippen LogP contribution in [0.15, 0.2) is 12.3 Å². The molecule has 2 nitrogen and oxygen atoms in total. The van der Waals surface area contributed by atoms with Crippen molar-refractivity contribution in [2.45, 2.75) is 40.5 Å². The molecule has 0 fully saturated rings. The van der Waals surface area contributed by atoms with E-state index in [4.69, 9.17) is 5.11 Å². The van der Waals surface area contributed by atoms with Crippen LogP contribution in [0.5, 0.6) is 0 Å². The van der Waals surface area contributed by atoms with Crippen molar-refractivity contribution in [3.05, 3.63) is 12.3 Å². The summed E-state index contributed by atoms with van der Waals surface area (Å²) >= 11 is 0. The van der Waals surface area contributed by atoms with E-state index in [-0.39, 0.29) is 12.0 Å². The van der Waals surface area contributed by atoms with E-state index in [2.05, 4.69) is 39.6 Å². The Morgan fingerprint density at radius 2 is 2.07 bits per heavy atom. The summed E-state index contributed by atoms with van der Waals surface area (Å²) in [4.78, 5) is 0. The highest BCUT2D eigenvalue weighted by Crippen LogP contribution is 2.30. The highest BCUT2D eigenvalue weighted by molar-refractivity contribution is 5.04. The van der Waals surface area contributed by atoms with Crippen LogP contribution in [0.3, 0.4) is 0 Å². The number of aliphatic hydroxyl groups is 1. The van der Waals surface area contributed by atoms with Gasteiger partial charge in [0.15, 0.2) is 0 Å². The van der Waals surface area contributed by atoms with E-state index in [9.17, 15) is 0 Å². The molecule has 0 amide bonds. The SMILES string of the molecule is C=C(NCCC)C(C)(C)CC(C)CO. The molecule has 0 aliphatic carbocycles. The second kappa shape index (κ2) is 6.07. The van der Waals surface area contributed by atoms with Crippen molar-refractivity contribution in [2.75, 3.05) is 13.2 Å². The number of rotatable bonds is 7. The van der Waals surface area contributed by atoms with Crippen LogP contribution in [0.4, 0.5) is 0 Å². The van der Waals surface area contributed by atoms with E-state index in [1.165, 1.54) is 0 Å². The first kappa shape index (κ1) is 13.5. The quantitative estimate of drug-likeness (QED) is 0.660. The molecular formula is C12H25NO. The summed E-state index contributed by atoms with van der Waals surface area (Å²) in [6, 6.07) is 0. The van der Waals surface area contributed by atoms with Crippen molar-refractivity contribution >= 4 is 0 Å². The smallest absolute Gasteiger partial charge is 0.0456 e. The number of allylic oxidation sites excluding steroid dienone is 1. The Morgan fingerprint density at radius 3 is 2.50 bits per heavy atom. The Hall–Kier alpha value is -0.500. The Morgan fingerprint density at radius 1 is 1.50 bits per heavy atom. The molecule has 0 heterocycles. The summed E-state index contributed by atoms with van der Waals surface area (Å²) in [7, 11) is 0. The molecule has 1 atom stereocenters. The van der Waals surface area contributed by atoms with E-state index < -0.39 is 0 Å². The lowest BCUT2D eigenvalue weighted by atomic mass is 9.81. The summed E-state index contributed by atoms with van der Waals surface area (Å²) in [5.41, 5.74) is 1.15. The Kier molecular flexibility index (Phi) is 5.86. The third kappa shape index (κ3) is 4.66. The van der Waals surface area contributed by atoms with E-state index >= 15 is 0 Å². The minimum atomic E-state index is 0.0668. The maximum Gasteiger partial charge on any atom is 0.0456 e. The van der Waals surface area contributed by atoms with E-state index in [0.29, 0.717) is 5.92 Å². The van der Waals surface area contributed by atoms with Crippen LogP contribution in [-0.2, 0) is 0 Å². The molecule has 0 aromatic carbocycles. The van der Waals surface area contributed by atoms with Crippen LogP contribution in [0, 0.1) is 11.3 Å². The fourth-order valence-electron chi connectivity index (χ4n) is 1.57. The topological polar surface area (TPSA) is 32.3 Å². The Labute approximate surface area is 88.4 Å². The van der Waals surface area contributed by atoms with Gasteiger partial charge in [-0.15, -0.1) is 0 Å². The molecule has 0 aromatic heterocycles. The van der Waals surface area contributed by atoms with Crippen LogP contribution in [-0.4, -0.2) is 18.3 Å². The monoisotopic (exact) mass is 199 g/mol. The fraction of sp³-hybridized carbons (Fsp3) is 0.833. The molecule has 0 bridgehead atoms. The molecule has 0 rings (SSSR count). The molecule has 0 aliphatic heterocycles. The standard InChI is InChI=1S/C12H25NO/c1-6-7-13-11(3)12(4,5)8-10(2)9-14/h10,13-14H,3,6-9H2,1-2,4-5H3. The third-order valence-corrected chi connectivity index (χ3v) is 2.58. The minimum absolute atomic E-state index is 0.0668. The number of hydrogen-bond acceptors (Lipinski definition) is 2. The number of nitrogens with one attached hydrogen (secondary N) is 1. The van der Waals surface area contributed by atoms with Gasteiger partial charge in [-0.05, 0) is 18.8 Å². The number of hydrogen-bond donors (Lipinski definition) is 2. The van der Waals surface area contributed by atoms with Gasteiger partial charge >= 0.3 is 0 Å². The first-order valence-corrected chi connectivity index (χ1v) is 5.48. The normalized spacial score (nSPS) is 13.8. The van der Waals surface area contributed by atoms with Gasteiger partial charge in [0.1, 0.15) is 0 Å². The van der Waals surface area contributed by atoms with Crippen LogP contribution >= 0.6 is 0 Å². The van der Waals surface area contributed by atoms with Crippen molar-refractivity contribution < 1.29 is 5.11 Å². The summed E-state index contributed by atoms with van der Waals surface area (Å²) in [6.45, 7) is 13.8. The highest BCUT2D eigenvalue weighted by atomic mass is 16.3. The van der Waals surface area contributed by atoms with E-state index in [1.54, 1.807) is 0 Å². The van der Waals surface area contributed by atoms with Crippen molar-refractivity contribution in [1.82, 2.24) is 5.32 Å². The van der Waals surface area contributed by atoms with E-state index in [0.717, 1.165) is 25.1 Å². The van der Waals surface area contributed by atoms with Gasteiger partial charge in [0.05, 0.1) is 0 Å². The predicted molar refractivity (Wildman–Crippen MR) is 62.1 cm³/mol. The average Bonchev–Trinajstić information content (AvgIpc) is 2.13. The average molecular weight is 199 g/mol. The Bertz CT molecular complexity index is 175. The molecule has 0 aromatic rings. The molecule has 0 radical (unpaired) electrons. The van der Waals surface area contributed by atoms with Gasteiger partial charge in [0.2, 0.25) is 0 Å².